The van der Waals surface area contributed by atoms with Gasteiger partial charge in [0.2, 0.25) is 0 Å². The molecule has 1 aliphatic rings. The van der Waals surface area contributed by atoms with Crippen LogP contribution in [0.1, 0.15) is 6.92 Å². The average molecular weight is 253 g/mol. The Kier molecular flexibility index (Phi) is 2.82. The number of nitrogens with zero attached hydrogens (tertiary/aromatic N) is 1. The average Bonchev–Trinajstić information content (AvgIpc) is 2.49. The molecule has 0 radical (unpaired) electrons. The van der Waals surface area contributed by atoms with Crippen LogP contribution in [-0.4, -0.2) is 30.0 Å². The fraction of sp³-hybridized carbons (Fsp3) is 0.833. The Morgan fingerprint density at radius 2 is 1.56 bits per heavy atom. The van der Waals surface area contributed by atoms with E-state index in [1.807, 2.05) is 5.43 Å². The van der Waals surface area contributed by atoms with Crippen LogP contribution in [0.3, 0.4) is 0 Å². The number of hydrogen-bond donors (Lipinski definition) is 2. The molecule has 0 aliphatic carbocycles. The van der Waals surface area contributed by atoms with E-state index in [9.17, 15) is 30.7 Å². The molecule has 0 saturated carbocycles. The molecule has 10 heteroatoms. The Morgan fingerprint density at radius 1 is 1.06 bits per heavy atom. The summed E-state index contributed by atoms with van der Waals surface area (Å²) < 4.78 is 86.0. The maximum atomic E-state index is 12.9. The Balaban J connectivity index is 3.02. The topological polar surface area (TPSA) is 36.4 Å². The summed E-state index contributed by atoms with van der Waals surface area (Å²) in [4.78, 5) is 2.90. The monoisotopic (exact) mass is 253 g/mol. The van der Waals surface area contributed by atoms with Gasteiger partial charge in [0.05, 0.1) is 0 Å². The number of nitrogens with one attached hydrogen (secondary N) is 2. The van der Waals surface area contributed by atoms with E-state index in [4.69, 9.17) is 0 Å². The highest BCUT2D eigenvalue weighted by Crippen LogP contribution is 2.48. The third-order valence-electron chi connectivity index (χ3n) is 1.83. The van der Waals surface area contributed by atoms with Gasteiger partial charge in [-0.15, -0.1) is 0 Å². The molecule has 1 rings (SSSR count). The molecule has 2 N–H and O–H groups in total. The lowest BCUT2D eigenvalue weighted by molar-refractivity contribution is -0.359. The van der Waals surface area contributed by atoms with Crippen molar-refractivity contribution < 1.29 is 30.7 Å². The maximum Gasteiger partial charge on any atom is 0.460 e. The molecule has 94 valence electrons. The molecular formula is C6H6F7N3. The molecule has 16 heavy (non-hydrogen) atoms. The fourth-order valence-corrected chi connectivity index (χ4v) is 0.963. The van der Waals surface area contributed by atoms with Gasteiger partial charge in [-0.25, -0.2) is 10.4 Å². The SMILES string of the molecule is CC1=NC(C(F)(F)C(F)(F)C(F)(F)F)NN1. The van der Waals surface area contributed by atoms with Gasteiger partial charge in [0.1, 0.15) is 5.84 Å². The Bertz CT molecular complexity index is 308. The van der Waals surface area contributed by atoms with Crippen LogP contribution in [0.4, 0.5) is 30.7 Å². The van der Waals surface area contributed by atoms with Gasteiger partial charge in [-0.2, -0.15) is 30.7 Å². The number of amidine groups is 1. The summed E-state index contributed by atoms with van der Waals surface area (Å²) in [6.45, 7) is 1.13. The van der Waals surface area contributed by atoms with E-state index < -0.39 is 24.2 Å². The zero-order chi connectivity index (χ0) is 12.8. The van der Waals surface area contributed by atoms with Crippen molar-refractivity contribution in [1.82, 2.24) is 10.9 Å². The lowest BCUT2D eigenvalue weighted by Gasteiger charge is -2.30. The molecule has 0 aromatic rings. The molecule has 0 spiro atoms. The van der Waals surface area contributed by atoms with Crippen LogP contribution < -0.4 is 10.9 Å². The van der Waals surface area contributed by atoms with Crippen molar-refractivity contribution >= 4 is 5.84 Å². The first-order valence-corrected chi connectivity index (χ1v) is 3.88. The Hall–Kier alpha value is -1.06. The first-order valence-electron chi connectivity index (χ1n) is 3.88. The van der Waals surface area contributed by atoms with Crippen LogP contribution in [0.15, 0.2) is 4.99 Å². The van der Waals surface area contributed by atoms with Crippen LogP contribution in [0.25, 0.3) is 0 Å². The van der Waals surface area contributed by atoms with Crippen molar-refractivity contribution in [3.05, 3.63) is 0 Å². The number of halogens is 7. The second-order valence-electron chi connectivity index (χ2n) is 3.08. The lowest BCUT2D eigenvalue weighted by atomic mass is 10.1. The van der Waals surface area contributed by atoms with Crippen molar-refractivity contribution in [3.63, 3.8) is 0 Å². The summed E-state index contributed by atoms with van der Waals surface area (Å²) in [5, 5.41) is 0. The second kappa shape index (κ2) is 3.47. The second-order valence-corrected chi connectivity index (χ2v) is 3.08. The molecule has 0 fully saturated rings. The van der Waals surface area contributed by atoms with Crippen LogP contribution in [0, 0.1) is 0 Å². The van der Waals surface area contributed by atoms with E-state index in [0.29, 0.717) is 0 Å². The predicted octanol–water partition coefficient (Wildman–Crippen LogP) is 1.67. The van der Waals surface area contributed by atoms with Crippen LogP contribution in [-0.2, 0) is 0 Å². The van der Waals surface area contributed by atoms with Crippen molar-refractivity contribution in [1.29, 1.82) is 0 Å². The third-order valence-corrected chi connectivity index (χ3v) is 1.83. The number of alkyl halides is 7. The van der Waals surface area contributed by atoms with Gasteiger partial charge in [0.25, 0.3) is 0 Å². The number of hydrogen-bond acceptors (Lipinski definition) is 3. The van der Waals surface area contributed by atoms with Gasteiger partial charge in [0.15, 0.2) is 6.17 Å². The minimum atomic E-state index is -6.34. The van der Waals surface area contributed by atoms with Crippen LogP contribution in [0.5, 0.6) is 0 Å². The third kappa shape index (κ3) is 1.81. The first kappa shape index (κ1) is 13.0. The van der Waals surface area contributed by atoms with E-state index in [1.165, 1.54) is 0 Å². The minimum absolute atomic E-state index is 0.206. The van der Waals surface area contributed by atoms with Crippen molar-refractivity contribution in [2.24, 2.45) is 4.99 Å². The summed E-state index contributed by atoms with van der Waals surface area (Å²) in [5.41, 5.74) is 3.46. The zero-order valence-electron chi connectivity index (χ0n) is 7.67. The highest BCUT2D eigenvalue weighted by molar-refractivity contribution is 5.80. The van der Waals surface area contributed by atoms with E-state index in [0.717, 1.165) is 6.92 Å². The summed E-state index contributed by atoms with van der Waals surface area (Å²) >= 11 is 0. The van der Waals surface area contributed by atoms with E-state index >= 15 is 0 Å². The quantitative estimate of drug-likeness (QED) is 0.734. The standard InChI is InChI=1S/C6H6F7N3/c1-2-14-3(16-15-2)4(7,8)5(9,10)6(11,12)13/h3,16H,1H3,(H,14,15). The van der Waals surface area contributed by atoms with Crippen LogP contribution >= 0.6 is 0 Å². The largest absolute Gasteiger partial charge is 0.460 e. The molecule has 3 nitrogen and oxygen atoms in total. The highest BCUT2D eigenvalue weighted by atomic mass is 19.4. The molecule has 0 amide bonds. The van der Waals surface area contributed by atoms with Crippen molar-refractivity contribution in [3.8, 4) is 0 Å². The van der Waals surface area contributed by atoms with Gasteiger partial charge in [0, 0.05) is 0 Å². The van der Waals surface area contributed by atoms with E-state index in [1.54, 1.807) is 5.43 Å². The number of rotatable bonds is 2. The summed E-state index contributed by atoms with van der Waals surface area (Å²) in [6.07, 6.45) is -9.01. The molecule has 1 heterocycles. The molecule has 1 atom stereocenters. The smallest absolute Gasteiger partial charge is 0.308 e. The summed E-state index contributed by atoms with van der Waals surface area (Å²) in [6, 6.07) is 0. The predicted molar refractivity (Wildman–Crippen MR) is 39.1 cm³/mol. The van der Waals surface area contributed by atoms with Crippen LogP contribution in [0.2, 0.25) is 0 Å². The molecule has 1 aliphatic heterocycles. The maximum absolute atomic E-state index is 12.9. The van der Waals surface area contributed by atoms with E-state index in [2.05, 4.69) is 4.99 Å². The number of aliphatic imine (C=N–C) groups is 1. The normalized spacial score (nSPS) is 23.0. The highest BCUT2D eigenvalue weighted by Gasteiger charge is 2.76. The lowest BCUT2D eigenvalue weighted by Crippen LogP contribution is -2.61. The number of hydrazine groups is 1. The summed E-state index contributed by atoms with van der Waals surface area (Å²) in [7, 11) is 0. The van der Waals surface area contributed by atoms with Gasteiger partial charge >= 0.3 is 18.0 Å². The van der Waals surface area contributed by atoms with Crippen molar-refractivity contribution in [2.45, 2.75) is 31.1 Å². The molecule has 0 bridgehead atoms. The zero-order valence-corrected chi connectivity index (χ0v) is 7.67. The molecular weight excluding hydrogens is 247 g/mol. The Labute approximate surface area is 84.7 Å². The summed E-state index contributed by atoms with van der Waals surface area (Å²) in [5.74, 6) is -11.7. The molecule has 0 saturated heterocycles. The molecule has 0 aromatic heterocycles. The van der Waals surface area contributed by atoms with Gasteiger partial charge in [-0.1, -0.05) is 0 Å². The minimum Gasteiger partial charge on any atom is -0.308 e. The fourth-order valence-electron chi connectivity index (χ4n) is 0.963. The molecule has 1 unspecified atom stereocenters. The Morgan fingerprint density at radius 3 is 1.88 bits per heavy atom. The van der Waals surface area contributed by atoms with Gasteiger partial charge in [-0.3, -0.25) is 0 Å². The molecule has 0 aromatic carbocycles. The van der Waals surface area contributed by atoms with Gasteiger partial charge in [-0.05, 0) is 6.92 Å². The van der Waals surface area contributed by atoms with E-state index in [-0.39, 0.29) is 5.84 Å². The van der Waals surface area contributed by atoms with Gasteiger partial charge < -0.3 is 5.43 Å². The first-order chi connectivity index (χ1) is 7.00. The van der Waals surface area contributed by atoms with Crippen molar-refractivity contribution in [2.75, 3.05) is 0 Å².